The van der Waals surface area contributed by atoms with Gasteiger partial charge in [-0.2, -0.15) is 0 Å². The normalized spacial score (nSPS) is 15.2. The Labute approximate surface area is 125 Å². The predicted molar refractivity (Wildman–Crippen MR) is 94.5 cm³/mol. The third-order valence-electron chi connectivity index (χ3n) is 2.61. The molecule has 3 nitrogen and oxygen atoms in total. The first-order chi connectivity index (χ1) is 8.89. The van der Waals surface area contributed by atoms with Crippen LogP contribution >= 0.6 is 0 Å². The quantitative estimate of drug-likeness (QED) is 0.481. The van der Waals surface area contributed by atoms with Crippen LogP contribution in [0.4, 0.5) is 0 Å². The van der Waals surface area contributed by atoms with Crippen molar-refractivity contribution in [1.82, 2.24) is 5.32 Å². The average Bonchev–Trinajstić information content (AvgIpc) is 2.30. The first-order valence-electron chi connectivity index (χ1n) is 7.97. The highest BCUT2D eigenvalue weighted by molar-refractivity contribution is 6.69. The van der Waals surface area contributed by atoms with E-state index in [0.29, 0.717) is 12.0 Å². The number of hydrogen-bond acceptors (Lipinski definition) is 3. The van der Waals surface area contributed by atoms with Crippen molar-refractivity contribution in [1.29, 1.82) is 0 Å². The van der Waals surface area contributed by atoms with Crippen molar-refractivity contribution in [3.05, 3.63) is 0 Å². The Morgan fingerprint density at radius 2 is 1.84 bits per heavy atom. The molecule has 5 heteroatoms. The van der Waals surface area contributed by atoms with Crippen LogP contribution < -0.4 is 11.1 Å². The van der Waals surface area contributed by atoms with E-state index in [-0.39, 0.29) is 9.52 Å². The maximum Gasteiger partial charge on any atom is 0.184 e. The summed E-state index contributed by atoms with van der Waals surface area (Å²) >= 11 is 0. The molecule has 0 bridgehead atoms. The standard InChI is InChI=1S/C12H32N2OSi2.C2H6/c1-11(9-14-7-6-13)8-12(10-16-2)15-17(3,4)5;1-2/h11-12,14H,6-10,13,16H2,1-5H3;1-2H3. The van der Waals surface area contributed by atoms with Crippen molar-refractivity contribution in [3.63, 3.8) is 0 Å². The molecule has 0 amide bonds. The second kappa shape index (κ2) is 13.3. The number of nitrogens with two attached hydrogens (primary N) is 1. The molecule has 2 unspecified atom stereocenters. The van der Waals surface area contributed by atoms with E-state index in [9.17, 15) is 0 Å². The van der Waals surface area contributed by atoms with E-state index in [0.717, 1.165) is 19.6 Å². The Morgan fingerprint density at radius 1 is 1.26 bits per heavy atom. The van der Waals surface area contributed by atoms with Crippen LogP contribution in [-0.4, -0.2) is 43.6 Å². The van der Waals surface area contributed by atoms with Crippen LogP contribution in [0.5, 0.6) is 0 Å². The Kier molecular flexibility index (Phi) is 15.1. The van der Waals surface area contributed by atoms with Crippen molar-refractivity contribution in [2.45, 2.75) is 65.5 Å². The van der Waals surface area contributed by atoms with E-state index in [1.165, 1.54) is 12.5 Å². The lowest BCUT2D eigenvalue weighted by atomic mass is 10.0. The third kappa shape index (κ3) is 16.3. The highest BCUT2D eigenvalue weighted by Crippen LogP contribution is 2.17. The fraction of sp³-hybridized carbons (Fsp3) is 1.00. The fourth-order valence-corrected chi connectivity index (χ4v) is 4.48. The van der Waals surface area contributed by atoms with E-state index < -0.39 is 8.32 Å². The Morgan fingerprint density at radius 3 is 2.26 bits per heavy atom. The molecule has 0 spiro atoms. The van der Waals surface area contributed by atoms with Gasteiger partial charge in [-0.3, -0.25) is 0 Å². The molecule has 0 saturated carbocycles. The van der Waals surface area contributed by atoms with Gasteiger partial charge in [0.15, 0.2) is 8.32 Å². The predicted octanol–water partition coefficient (Wildman–Crippen LogP) is 2.44. The van der Waals surface area contributed by atoms with E-state index in [1.54, 1.807) is 0 Å². The topological polar surface area (TPSA) is 47.3 Å². The van der Waals surface area contributed by atoms with Gasteiger partial charge in [-0.05, 0) is 44.6 Å². The Balaban J connectivity index is 0. The summed E-state index contributed by atoms with van der Waals surface area (Å²) in [6.45, 7) is 18.3. The molecule has 0 aliphatic carbocycles. The zero-order chi connectivity index (χ0) is 15.3. The first kappa shape index (κ1) is 21.6. The third-order valence-corrected chi connectivity index (χ3v) is 4.87. The molecule has 19 heavy (non-hydrogen) atoms. The van der Waals surface area contributed by atoms with E-state index in [4.69, 9.17) is 10.2 Å². The van der Waals surface area contributed by atoms with Crippen LogP contribution in [0.15, 0.2) is 0 Å². The molecule has 118 valence electrons. The molecule has 0 aliphatic heterocycles. The van der Waals surface area contributed by atoms with Gasteiger partial charge in [-0.1, -0.05) is 27.3 Å². The molecule has 0 heterocycles. The van der Waals surface area contributed by atoms with Crippen LogP contribution in [0.3, 0.4) is 0 Å². The second-order valence-corrected chi connectivity index (χ2v) is 12.0. The number of hydrogen-bond donors (Lipinski definition) is 2. The molecule has 3 N–H and O–H groups in total. The summed E-state index contributed by atoms with van der Waals surface area (Å²) in [5.74, 6) is 0.684. The minimum atomic E-state index is -1.38. The van der Waals surface area contributed by atoms with Crippen molar-refractivity contribution < 1.29 is 4.43 Å². The van der Waals surface area contributed by atoms with E-state index in [1.807, 2.05) is 13.8 Å². The van der Waals surface area contributed by atoms with Crippen molar-refractivity contribution >= 4 is 17.8 Å². The van der Waals surface area contributed by atoms with Crippen molar-refractivity contribution in [3.8, 4) is 0 Å². The monoisotopic (exact) mass is 306 g/mol. The van der Waals surface area contributed by atoms with Gasteiger partial charge < -0.3 is 15.5 Å². The molecular weight excluding hydrogens is 268 g/mol. The highest BCUT2D eigenvalue weighted by Gasteiger charge is 2.21. The van der Waals surface area contributed by atoms with E-state index >= 15 is 0 Å². The van der Waals surface area contributed by atoms with Gasteiger partial charge in [0.25, 0.3) is 0 Å². The van der Waals surface area contributed by atoms with Gasteiger partial charge in [-0.15, -0.1) is 0 Å². The minimum Gasteiger partial charge on any atom is -0.415 e. The van der Waals surface area contributed by atoms with Crippen LogP contribution in [0.25, 0.3) is 0 Å². The summed E-state index contributed by atoms with van der Waals surface area (Å²) in [6, 6.07) is 1.32. The molecule has 0 aromatic rings. The van der Waals surface area contributed by atoms with Gasteiger partial charge >= 0.3 is 0 Å². The molecule has 0 saturated heterocycles. The van der Waals surface area contributed by atoms with Crippen LogP contribution in [0, 0.1) is 5.92 Å². The van der Waals surface area contributed by atoms with Crippen molar-refractivity contribution in [2.75, 3.05) is 19.6 Å². The van der Waals surface area contributed by atoms with Gasteiger partial charge in [0.1, 0.15) is 0 Å². The largest absolute Gasteiger partial charge is 0.415 e. The summed E-state index contributed by atoms with van der Waals surface area (Å²) in [6.07, 6.45) is 1.70. The summed E-state index contributed by atoms with van der Waals surface area (Å²) in [5.41, 5.74) is 5.47. The van der Waals surface area contributed by atoms with Crippen LogP contribution in [0.2, 0.25) is 32.2 Å². The summed E-state index contributed by atoms with van der Waals surface area (Å²) in [7, 11) is -1.29. The van der Waals surface area contributed by atoms with Crippen LogP contribution in [-0.2, 0) is 4.43 Å². The van der Waals surface area contributed by atoms with Gasteiger partial charge in [-0.25, -0.2) is 0 Å². The average molecular weight is 307 g/mol. The summed E-state index contributed by atoms with van der Waals surface area (Å²) < 4.78 is 6.28. The smallest absolute Gasteiger partial charge is 0.184 e. The SMILES string of the molecule is CC.C[SiH2]CC(CC(C)CNCCN)O[Si](C)(C)C. The number of rotatable bonds is 10. The maximum absolute atomic E-state index is 6.28. The van der Waals surface area contributed by atoms with Crippen LogP contribution in [0.1, 0.15) is 27.2 Å². The van der Waals surface area contributed by atoms with E-state index in [2.05, 4.69) is 38.4 Å². The fourth-order valence-electron chi connectivity index (χ4n) is 2.03. The molecule has 0 fully saturated rings. The molecule has 0 radical (unpaired) electrons. The Bertz CT molecular complexity index is 187. The molecule has 2 atom stereocenters. The lowest BCUT2D eigenvalue weighted by molar-refractivity contribution is 0.181. The minimum absolute atomic E-state index is 0.0879. The molecule has 0 aromatic heterocycles. The molecule has 0 rings (SSSR count). The summed E-state index contributed by atoms with van der Waals surface area (Å²) in [4.78, 5) is 0. The van der Waals surface area contributed by atoms with Gasteiger partial charge in [0.05, 0.1) is 0 Å². The lowest BCUT2D eigenvalue weighted by Gasteiger charge is -2.28. The molecule has 0 aliphatic rings. The van der Waals surface area contributed by atoms with Crippen molar-refractivity contribution in [2.24, 2.45) is 11.7 Å². The zero-order valence-electron chi connectivity index (χ0n) is 14.4. The first-order valence-corrected chi connectivity index (χ1v) is 13.8. The lowest BCUT2D eigenvalue weighted by Crippen LogP contribution is -2.35. The maximum atomic E-state index is 6.28. The number of nitrogens with one attached hydrogen (secondary N) is 1. The molecular formula is C14H38N2OSi2. The highest BCUT2D eigenvalue weighted by atomic mass is 28.4. The summed E-state index contributed by atoms with van der Waals surface area (Å²) in [5, 5.41) is 3.39. The zero-order valence-corrected chi connectivity index (χ0v) is 16.8. The van der Waals surface area contributed by atoms with Gasteiger partial charge in [0, 0.05) is 28.7 Å². The molecule has 0 aromatic carbocycles. The van der Waals surface area contributed by atoms with Gasteiger partial charge in [0.2, 0.25) is 0 Å². The Hall–Kier alpha value is 0.314. The second-order valence-electron chi connectivity index (χ2n) is 5.97.